The molecule has 6 aromatic carbocycles. The van der Waals surface area contributed by atoms with E-state index < -0.39 is 303 Å². The minimum Gasteiger partial charge on any atom is -0.508 e. The van der Waals surface area contributed by atoms with Crippen LogP contribution in [-0.4, -0.2) is 299 Å². The lowest BCUT2D eigenvalue weighted by atomic mass is 9.98. The summed E-state index contributed by atoms with van der Waals surface area (Å²) in [6.07, 6.45) is -7.07. The van der Waals surface area contributed by atoms with E-state index >= 15 is 51.9 Å². The van der Waals surface area contributed by atoms with Crippen LogP contribution in [0.2, 0.25) is 0 Å². The number of aliphatic carboxylic acids is 1. The number of carbonyl (C=O) groups is 17. The first-order valence-electron chi connectivity index (χ1n) is 44.7. The van der Waals surface area contributed by atoms with Crippen LogP contribution >= 0.6 is 11.8 Å². The molecule has 7 aromatic rings. The van der Waals surface area contributed by atoms with Crippen molar-refractivity contribution in [2.75, 3.05) is 52.3 Å². The summed E-state index contributed by atoms with van der Waals surface area (Å²) in [6.45, 7) is 2.72. The van der Waals surface area contributed by atoms with Crippen LogP contribution in [0.5, 0.6) is 11.5 Å². The zero-order chi connectivity index (χ0) is 101. The van der Waals surface area contributed by atoms with Gasteiger partial charge in [0.05, 0.1) is 37.3 Å². The summed E-state index contributed by atoms with van der Waals surface area (Å²) in [5.74, 6) is -27.8. The number of primary amides is 2. The summed E-state index contributed by atoms with van der Waals surface area (Å²) in [6, 6.07) is 11.4. The number of amides is 16. The number of unbranched alkanes of at least 4 members (excludes halogenated alkanes) is 1. The Morgan fingerprint density at radius 3 is 1.49 bits per heavy atom. The fourth-order valence-corrected chi connectivity index (χ4v) is 17.6. The van der Waals surface area contributed by atoms with Gasteiger partial charge in [-0.15, -0.1) is 11.8 Å². The van der Waals surface area contributed by atoms with Gasteiger partial charge in [-0.25, -0.2) is 13.2 Å². The second-order valence-electron chi connectivity index (χ2n) is 34.8. The van der Waals surface area contributed by atoms with Gasteiger partial charge in [0.25, 0.3) is 0 Å². The van der Waals surface area contributed by atoms with Gasteiger partial charge in [0.2, 0.25) is 94.5 Å². The van der Waals surface area contributed by atoms with Gasteiger partial charge in [-0.3, -0.25) is 81.5 Å². The monoisotopic (exact) mass is 1930 g/mol. The number of aromatic nitrogens is 1. The zero-order valence-electron chi connectivity index (χ0n) is 76.5. The van der Waals surface area contributed by atoms with E-state index in [4.69, 9.17) is 11.5 Å². The van der Waals surface area contributed by atoms with Crippen molar-refractivity contribution in [2.45, 2.75) is 195 Å². The predicted octanol–water partition coefficient (Wildman–Crippen LogP) is -0.420. The van der Waals surface area contributed by atoms with Crippen LogP contribution < -0.4 is 59.3 Å². The lowest BCUT2D eigenvalue weighted by Crippen LogP contribution is -2.62. The number of benzene rings is 6. The summed E-state index contributed by atoms with van der Waals surface area (Å²) in [5.41, 5.74) is 13.0. The van der Waals surface area contributed by atoms with E-state index in [1.165, 1.54) is 82.7 Å². The van der Waals surface area contributed by atoms with Crippen molar-refractivity contribution in [3.63, 3.8) is 0 Å². The van der Waals surface area contributed by atoms with E-state index in [1.807, 2.05) is 0 Å². The molecular formula is C95H114F3N17O22S. The third-order valence-electron chi connectivity index (χ3n) is 24.1. The number of para-hydroxylation sites is 1. The Labute approximate surface area is 795 Å². The lowest BCUT2D eigenvalue weighted by molar-refractivity contribution is -0.152. The fraction of sp³-hybridized carbons (Fsp3) is 0.421. The molecular weight excluding hydrogens is 1820 g/mol. The first-order chi connectivity index (χ1) is 65.6. The normalized spacial score (nSPS) is 24.2. The van der Waals surface area contributed by atoms with Crippen LogP contribution in [0.25, 0.3) is 10.9 Å². The molecule has 738 valence electrons. The molecule has 138 heavy (non-hydrogen) atoms. The number of nitrogens with two attached hydrogens (primary N) is 2. The van der Waals surface area contributed by atoms with Crippen LogP contribution in [0.3, 0.4) is 0 Å². The van der Waals surface area contributed by atoms with Crippen molar-refractivity contribution in [1.29, 1.82) is 0 Å². The number of nitrogens with zero attached hydrogens (tertiary/aromatic N) is 5. The molecule has 0 spiro atoms. The van der Waals surface area contributed by atoms with Gasteiger partial charge in [0.15, 0.2) is 17.5 Å². The number of rotatable bonds is 23. The number of aliphatic hydroxyl groups is 2. The minimum absolute atomic E-state index is 0.160. The van der Waals surface area contributed by atoms with E-state index in [0.29, 0.717) is 63.5 Å². The first-order valence-corrected chi connectivity index (χ1v) is 45.9. The zero-order valence-corrected chi connectivity index (χ0v) is 77.3. The van der Waals surface area contributed by atoms with Gasteiger partial charge in [-0.2, -0.15) is 0 Å². The summed E-state index contributed by atoms with van der Waals surface area (Å²) in [5, 5.41) is 77.4. The topological polar surface area (TPSA) is 584 Å². The summed E-state index contributed by atoms with van der Waals surface area (Å²) in [4.78, 5) is 259. The number of halogens is 3. The summed E-state index contributed by atoms with van der Waals surface area (Å²) >= 11 is 0.558. The van der Waals surface area contributed by atoms with Crippen LogP contribution in [0.4, 0.5) is 13.2 Å². The number of thioether (sulfide) groups is 1. The number of phenols is 2. The number of H-pyrrole nitrogens is 1. The van der Waals surface area contributed by atoms with E-state index in [-0.39, 0.29) is 42.7 Å². The van der Waals surface area contributed by atoms with Gasteiger partial charge in [0.1, 0.15) is 90.0 Å². The Morgan fingerprint density at radius 1 is 0.478 bits per heavy atom. The maximum Gasteiger partial charge on any atom is 0.305 e. The van der Waals surface area contributed by atoms with Gasteiger partial charge in [0, 0.05) is 108 Å². The number of carbonyl (C=O) groups excluding carboxylic acids is 16. The molecule has 0 saturated carbocycles. The molecule has 3 saturated heterocycles. The average molecular weight is 1940 g/mol. The highest BCUT2D eigenvalue weighted by atomic mass is 32.2. The number of phenolic OH excluding ortho intramolecular Hbond substituents is 2. The number of likely N-dealkylation sites (N-methyl/N-ethyl adjacent to an activating group) is 3. The number of hydrogen-bond acceptors (Lipinski definition) is 22. The van der Waals surface area contributed by atoms with Crippen molar-refractivity contribution in [2.24, 2.45) is 17.4 Å². The smallest absolute Gasteiger partial charge is 0.305 e. The van der Waals surface area contributed by atoms with Gasteiger partial charge in [-0.1, -0.05) is 137 Å². The molecule has 39 nitrogen and oxygen atoms in total. The Morgan fingerprint density at radius 2 is 0.935 bits per heavy atom. The number of aliphatic hydroxyl groups excluding tert-OH is 2. The van der Waals surface area contributed by atoms with Gasteiger partial charge >= 0.3 is 5.97 Å². The van der Waals surface area contributed by atoms with Crippen LogP contribution in [-0.2, 0) is 120 Å². The molecule has 0 bridgehead atoms. The molecule has 19 N–H and O–H groups in total. The third-order valence-corrected chi connectivity index (χ3v) is 25.2. The molecule has 3 fully saturated rings. The minimum atomic E-state index is -2.08. The molecule has 1 aromatic heterocycles. The lowest BCUT2D eigenvalue weighted by Gasteiger charge is -2.38. The number of aromatic amines is 1. The molecule has 43 heteroatoms. The maximum absolute atomic E-state index is 15.8. The number of carboxylic acid groups (broad SMARTS) is 1. The molecule has 0 unspecified atom stereocenters. The average Bonchev–Trinajstić information content (AvgIpc) is 1.62. The van der Waals surface area contributed by atoms with Crippen LogP contribution in [0.1, 0.15) is 99.1 Å². The second kappa shape index (κ2) is 48.8. The number of aromatic hydroxyl groups is 2. The maximum atomic E-state index is 15.8. The number of fused-ring (bicyclic) bond motifs is 3. The van der Waals surface area contributed by atoms with Crippen molar-refractivity contribution in [1.82, 2.24) is 77.3 Å². The summed E-state index contributed by atoms with van der Waals surface area (Å²) in [7, 11) is 3.55. The molecule has 3 aliphatic rings. The molecule has 4 heterocycles. The van der Waals surface area contributed by atoms with Gasteiger partial charge < -0.3 is 114 Å². The first kappa shape index (κ1) is 106. The Kier molecular flexibility index (Phi) is 37.3. The predicted molar refractivity (Wildman–Crippen MR) is 493 cm³/mol. The Bertz CT molecular complexity index is 5590. The number of carboxylic acids is 1. The Balaban J connectivity index is 1.07. The standard InChI is InChI=1S/C95H114F3N17O22S/c1-7-8-23-72-94(136)115-47-60(119)41-75(115)90(132)107-68(43-80(123)124)87(129)110-82(50(2)3)95(137)112(5)73(37-51-17-11-9-12-18-51)88(130)108-70(35-54-26-30-58(117)31-27-54)92(134)114-46-59(118)40-74(114)89(131)106-66(39-56-44-101-64-22-16-15-21-61(56)64)85(127)104-65(34-53-24-28-57(116)29-25-53)84(126)105-67(42-77(99)120)86(128)109-71(83(125)102-45-78(100)121)48-138-49-79(122)103-69(36-55-32-62(96)81(98)63(97)33-55)91(133)113(6)76(93(135)111(72)4)38-52-19-13-10-14-20-52/h9-22,24-33,44,50,59-60,65-76,82,101,116-119H,7-8,23,34-43,45-49H2,1-6H3,(H2,99,120)(H2,100,121)(H,102,125)(H,103,122)(H,104,127)(H,105,126)(H,106,131)(H,107,132)(H,108,130)(H,109,128)(H,110,129)(H,123,124)/t59-,60-,65+,66+,67+,68+,69+,70+,71+,72+,73+,74+,75-,76+,82+/m1/s1. The highest BCUT2D eigenvalue weighted by molar-refractivity contribution is 8.00. The van der Waals surface area contributed by atoms with Crippen LogP contribution in [0, 0.1) is 23.4 Å². The van der Waals surface area contributed by atoms with Crippen molar-refractivity contribution < 1.29 is 120 Å². The van der Waals surface area contributed by atoms with Crippen molar-refractivity contribution in [3.05, 3.63) is 203 Å². The van der Waals surface area contributed by atoms with E-state index in [2.05, 4.69) is 52.8 Å². The Hall–Kier alpha value is -14.5. The fourth-order valence-electron chi connectivity index (χ4n) is 16.7. The third kappa shape index (κ3) is 28.6. The molecule has 16 amide bonds. The molecule has 15 atom stereocenters. The summed E-state index contributed by atoms with van der Waals surface area (Å²) < 4.78 is 45.1. The van der Waals surface area contributed by atoms with E-state index in [9.17, 15) is 68.3 Å². The highest BCUT2D eigenvalue weighted by Crippen LogP contribution is 2.29. The molecule has 3 aliphatic heterocycles. The molecule has 0 radical (unpaired) electrons. The van der Waals surface area contributed by atoms with E-state index in [1.54, 1.807) is 91.9 Å². The van der Waals surface area contributed by atoms with Gasteiger partial charge in [-0.05, 0) is 88.2 Å². The van der Waals surface area contributed by atoms with Crippen molar-refractivity contribution in [3.8, 4) is 11.5 Å². The quantitative estimate of drug-likeness (QED) is 0.0362. The molecule has 10 rings (SSSR count). The largest absolute Gasteiger partial charge is 0.508 e. The highest BCUT2D eigenvalue weighted by Gasteiger charge is 2.49. The van der Waals surface area contributed by atoms with E-state index in [0.717, 1.165) is 31.5 Å². The van der Waals surface area contributed by atoms with Crippen molar-refractivity contribution >= 4 is 123 Å². The molecule has 0 aliphatic carbocycles. The van der Waals surface area contributed by atoms with Crippen LogP contribution in [0.15, 0.2) is 152 Å². The SMILES string of the molecule is CCCC[C@H]1C(=O)N2C[C@H](O)C[C@@H]2C(=O)N[C@@H](CC(=O)O)C(=O)N[C@@H](C(C)C)C(=O)N(C)[C@@H](Cc2ccccc2)C(=O)N[C@@H](Cc2ccc(O)cc2)C(=O)N2C[C@H](O)C[C@H]2C(=O)N[C@@H](Cc2c[nH]c3ccccc23)C(=O)N[C@@H](Cc2ccc(O)cc2)C(=O)N[C@@H](CC(N)=O)C(=O)N[C@H](C(=O)NCC(N)=O)CSCC(=O)N[C@@H](Cc2cc(F)c(F)c(F)c2)C(=O)N(C)[C@@H](Cc2ccccc2)C(=O)N1C. The number of hydrogen-bond donors (Lipinski definition) is 17. The second-order valence-corrected chi connectivity index (χ2v) is 35.8. The number of nitrogens with one attached hydrogen (secondary N) is 10.